The summed E-state index contributed by atoms with van der Waals surface area (Å²) in [6.45, 7) is 3.94. The number of nitrogens with zero attached hydrogens (tertiary/aromatic N) is 2. The number of methoxy groups -OCH3 is 2. The highest BCUT2D eigenvalue weighted by Crippen LogP contribution is 2.42. The zero-order chi connectivity index (χ0) is 18.8. The van der Waals surface area contributed by atoms with Crippen LogP contribution >= 0.6 is 0 Å². The van der Waals surface area contributed by atoms with Gasteiger partial charge >= 0.3 is 0 Å². The fourth-order valence-electron chi connectivity index (χ4n) is 3.95. The van der Waals surface area contributed by atoms with E-state index in [0.29, 0.717) is 36.6 Å². The van der Waals surface area contributed by atoms with Gasteiger partial charge in [-0.25, -0.2) is 0 Å². The normalized spacial score (nSPS) is 19.6. The molecular formula is C20H27N2O4-. The van der Waals surface area contributed by atoms with Crippen LogP contribution in [0.5, 0.6) is 11.5 Å². The van der Waals surface area contributed by atoms with Crippen molar-refractivity contribution in [3.05, 3.63) is 34.6 Å². The molecule has 2 heterocycles. The van der Waals surface area contributed by atoms with Crippen LogP contribution in [0.25, 0.3) is 0 Å². The molecule has 0 aromatic heterocycles. The number of rotatable bonds is 5. The Bertz CT molecular complexity index is 729. The van der Waals surface area contributed by atoms with E-state index in [1.807, 2.05) is 19.1 Å². The number of fused-ring (bicyclic) bond motifs is 3. The number of carbonyl (C=O) groups is 1. The first-order valence-corrected chi connectivity index (χ1v) is 9.13. The second kappa shape index (κ2) is 7.58. The molecule has 0 bridgehead atoms. The fourth-order valence-corrected chi connectivity index (χ4v) is 3.95. The van der Waals surface area contributed by atoms with Gasteiger partial charge in [0, 0.05) is 38.3 Å². The monoisotopic (exact) mass is 359 g/mol. The summed E-state index contributed by atoms with van der Waals surface area (Å²) in [5, 5.41) is 12.7. The first kappa shape index (κ1) is 18.6. The van der Waals surface area contributed by atoms with Gasteiger partial charge in [-0.1, -0.05) is 6.92 Å². The van der Waals surface area contributed by atoms with E-state index in [0.717, 1.165) is 24.9 Å². The molecule has 0 radical (unpaired) electrons. The number of benzene rings is 1. The van der Waals surface area contributed by atoms with Gasteiger partial charge in [0.15, 0.2) is 11.5 Å². The largest absolute Gasteiger partial charge is 0.875 e. The fraction of sp³-hybridized carbons (Fsp3) is 0.550. The van der Waals surface area contributed by atoms with Crippen LogP contribution in [0.2, 0.25) is 0 Å². The molecule has 0 saturated carbocycles. The van der Waals surface area contributed by atoms with Crippen molar-refractivity contribution in [2.45, 2.75) is 32.2 Å². The summed E-state index contributed by atoms with van der Waals surface area (Å²) in [6.07, 6.45) is 2.08. The Hall–Kier alpha value is -2.21. The van der Waals surface area contributed by atoms with Gasteiger partial charge in [0.25, 0.3) is 0 Å². The number of carbonyl (C=O) groups excluding carboxylic acids is 1. The van der Waals surface area contributed by atoms with Crippen LogP contribution < -0.4 is 14.6 Å². The van der Waals surface area contributed by atoms with Crippen molar-refractivity contribution in [1.29, 1.82) is 0 Å². The first-order chi connectivity index (χ1) is 12.5. The lowest BCUT2D eigenvalue weighted by molar-refractivity contribution is -0.312. The van der Waals surface area contributed by atoms with Crippen LogP contribution in [0.1, 0.15) is 36.9 Å². The molecule has 1 amide bonds. The van der Waals surface area contributed by atoms with Crippen LogP contribution in [0.15, 0.2) is 23.5 Å². The molecule has 0 N–H and O–H groups in total. The molecule has 1 aromatic rings. The van der Waals surface area contributed by atoms with E-state index >= 15 is 0 Å². The second-order valence-corrected chi connectivity index (χ2v) is 6.97. The lowest BCUT2D eigenvalue weighted by Crippen LogP contribution is -2.45. The molecule has 26 heavy (non-hydrogen) atoms. The standard InChI is InChI=1S/C20H28N2O4/c1-5-7-21(2)20(24)15-12-22-8-6-13-9-18(25-3)19(26-4)10-14(13)16(22)11-17(15)23/h9-10,16,23H,5-8,11-12H2,1-4H3/p-1. The summed E-state index contributed by atoms with van der Waals surface area (Å²) in [5.41, 5.74) is 2.71. The zero-order valence-corrected chi connectivity index (χ0v) is 16.0. The van der Waals surface area contributed by atoms with E-state index < -0.39 is 0 Å². The van der Waals surface area contributed by atoms with Crippen molar-refractivity contribution in [3.8, 4) is 11.5 Å². The minimum atomic E-state index is -0.131. The van der Waals surface area contributed by atoms with Crippen LogP contribution in [-0.4, -0.2) is 56.6 Å². The van der Waals surface area contributed by atoms with Crippen molar-refractivity contribution in [2.24, 2.45) is 0 Å². The van der Waals surface area contributed by atoms with Gasteiger partial charge in [-0.05, 0) is 42.5 Å². The van der Waals surface area contributed by atoms with Crippen molar-refractivity contribution < 1.29 is 19.4 Å². The minimum Gasteiger partial charge on any atom is -0.875 e. The Morgan fingerprint density at radius 2 is 2.00 bits per heavy atom. The van der Waals surface area contributed by atoms with Crippen LogP contribution in [0.4, 0.5) is 0 Å². The molecule has 0 spiro atoms. The van der Waals surface area contributed by atoms with Gasteiger partial charge in [0.2, 0.25) is 5.91 Å². The van der Waals surface area contributed by atoms with E-state index in [1.54, 1.807) is 26.2 Å². The molecule has 142 valence electrons. The lowest BCUT2D eigenvalue weighted by atomic mass is 9.86. The number of ether oxygens (including phenoxy) is 2. The summed E-state index contributed by atoms with van der Waals surface area (Å²) in [4.78, 5) is 16.5. The predicted molar refractivity (Wildman–Crippen MR) is 97.1 cm³/mol. The number of amides is 1. The SMILES string of the molecule is CCCN(C)C(=O)C1=C([O-])CC2c3cc(OC)c(OC)cc3CCN2C1. The third-order valence-corrected chi connectivity index (χ3v) is 5.35. The average Bonchev–Trinajstić information content (AvgIpc) is 2.65. The van der Waals surface area contributed by atoms with Crippen molar-refractivity contribution in [3.63, 3.8) is 0 Å². The third-order valence-electron chi connectivity index (χ3n) is 5.35. The molecular weight excluding hydrogens is 332 g/mol. The highest BCUT2D eigenvalue weighted by molar-refractivity contribution is 5.94. The molecule has 6 nitrogen and oxygen atoms in total. The van der Waals surface area contributed by atoms with Crippen molar-refractivity contribution in [2.75, 3.05) is 40.9 Å². The summed E-state index contributed by atoms with van der Waals surface area (Å²) in [5.74, 6) is 1.22. The van der Waals surface area contributed by atoms with Gasteiger partial charge in [0.05, 0.1) is 14.2 Å². The summed E-state index contributed by atoms with van der Waals surface area (Å²) in [7, 11) is 5.01. The lowest BCUT2D eigenvalue weighted by Gasteiger charge is -2.44. The quantitative estimate of drug-likeness (QED) is 0.797. The molecule has 1 atom stereocenters. The van der Waals surface area contributed by atoms with E-state index in [4.69, 9.17) is 9.47 Å². The van der Waals surface area contributed by atoms with E-state index in [-0.39, 0.29) is 17.7 Å². The summed E-state index contributed by atoms with van der Waals surface area (Å²) in [6, 6.07) is 3.99. The van der Waals surface area contributed by atoms with E-state index in [2.05, 4.69) is 4.90 Å². The maximum Gasteiger partial charge on any atom is 0.249 e. The highest BCUT2D eigenvalue weighted by Gasteiger charge is 2.34. The molecule has 1 unspecified atom stereocenters. The molecule has 3 rings (SSSR count). The van der Waals surface area contributed by atoms with Crippen LogP contribution in [0, 0.1) is 0 Å². The number of hydrogen-bond acceptors (Lipinski definition) is 5. The summed E-state index contributed by atoms with van der Waals surface area (Å²) < 4.78 is 10.8. The zero-order valence-electron chi connectivity index (χ0n) is 16.0. The smallest absolute Gasteiger partial charge is 0.249 e. The predicted octanol–water partition coefficient (Wildman–Crippen LogP) is 1.49. The van der Waals surface area contributed by atoms with Crippen LogP contribution in [-0.2, 0) is 11.2 Å². The molecule has 1 aromatic carbocycles. The summed E-state index contributed by atoms with van der Waals surface area (Å²) >= 11 is 0. The Labute approximate surface area is 155 Å². The Morgan fingerprint density at radius 1 is 1.31 bits per heavy atom. The van der Waals surface area contributed by atoms with Crippen molar-refractivity contribution >= 4 is 5.91 Å². The second-order valence-electron chi connectivity index (χ2n) is 6.97. The minimum absolute atomic E-state index is 0.000845. The maximum atomic E-state index is 12.7. The molecule has 6 heteroatoms. The van der Waals surface area contributed by atoms with Crippen LogP contribution in [0.3, 0.4) is 0 Å². The third kappa shape index (κ3) is 3.26. The van der Waals surface area contributed by atoms with Gasteiger partial charge in [-0.2, -0.15) is 0 Å². The van der Waals surface area contributed by atoms with E-state index in [9.17, 15) is 9.90 Å². The number of hydrogen-bond donors (Lipinski definition) is 0. The van der Waals surface area contributed by atoms with Crippen molar-refractivity contribution in [1.82, 2.24) is 9.80 Å². The van der Waals surface area contributed by atoms with Gasteiger partial charge in [-0.3, -0.25) is 9.69 Å². The van der Waals surface area contributed by atoms with Gasteiger partial charge in [-0.15, -0.1) is 5.76 Å². The molecule has 0 fully saturated rings. The Morgan fingerprint density at radius 3 is 2.65 bits per heavy atom. The highest BCUT2D eigenvalue weighted by atomic mass is 16.5. The Kier molecular flexibility index (Phi) is 5.41. The Balaban J connectivity index is 1.91. The van der Waals surface area contributed by atoms with Gasteiger partial charge < -0.3 is 19.5 Å². The average molecular weight is 359 g/mol. The molecule has 0 aliphatic carbocycles. The molecule has 0 saturated heterocycles. The number of likely N-dealkylation sites (N-methyl/N-ethyl adjacent to an activating group) is 1. The molecule has 2 aliphatic rings. The topological polar surface area (TPSA) is 65.1 Å². The van der Waals surface area contributed by atoms with E-state index in [1.165, 1.54) is 5.56 Å². The van der Waals surface area contributed by atoms with Gasteiger partial charge in [0.1, 0.15) is 0 Å². The maximum absolute atomic E-state index is 12.7. The molecule has 2 aliphatic heterocycles. The first-order valence-electron chi connectivity index (χ1n) is 9.13.